The van der Waals surface area contributed by atoms with Crippen molar-refractivity contribution < 1.29 is 22.7 Å². The van der Waals surface area contributed by atoms with Gasteiger partial charge in [0.2, 0.25) is 0 Å². The Labute approximate surface area is 167 Å². The Bertz CT molecular complexity index is 1220. The third-order valence-electron chi connectivity index (χ3n) is 4.30. The van der Waals surface area contributed by atoms with Crippen molar-refractivity contribution in [3.8, 4) is 11.5 Å². The van der Waals surface area contributed by atoms with E-state index in [1.54, 1.807) is 73.8 Å². The Kier molecular flexibility index (Phi) is 4.77. The van der Waals surface area contributed by atoms with E-state index in [0.717, 1.165) is 0 Å². The third-order valence-corrected chi connectivity index (χ3v) is 5.63. The minimum atomic E-state index is -3.75. The van der Waals surface area contributed by atoms with Gasteiger partial charge in [-0.25, -0.2) is 4.79 Å². The van der Waals surface area contributed by atoms with Crippen LogP contribution in [0, 0.1) is 0 Å². The summed E-state index contributed by atoms with van der Waals surface area (Å²) in [7, 11) is -2.21. The summed E-state index contributed by atoms with van der Waals surface area (Å²) in [5.74, 6) is 0.498. The average Bonchev–Trinajstić information content (AvgIpc) is 3.00. The highest BCUT2D eigenvalue weighted by molar-refractivity contribution is 7.90. The minimum Gasteiger partial charge on any atom is -0.497 e. The number of nitrogens with one attached hydrogen (secondary N) is 1. The van der Waals surface area contributed by atoms with Gasteiger partial charge in [0.25, 0.3) is 10.0 Å². The van der Waals surface area contributed by atoms with Crippen molar-refractivity contribution in [2.45, 2.75) is 4.90 Å². The highest BCUT2D eigenvalue weighted by atomic mass is 32.2. The summed E-state index contributed by atoms with van der Waals surface area (Å²) in [6.45, 7) is 0. The molecule has 0 unspecified atom stereocenters. The number of anilines is 1. The first kappa shape index (κ1) is 18.7. The monoisotopic (exact) mass is 408 g/mol. The van der Waals surface area contributed by atoms with Gasteiger partial charge in [-0.2, -0.15) is 8.42 Å². The van der Waals surface area contributed by atoms with Gasteiger partial charge in [0.15, 0.2) is 11.6 Å². The molecular weight excluding hydrogens is 392 g/mol. The molecule has 0 radical (unpaired) electrons. The lowest BCUT2D eigenvalue weighted by molar-refractivity contribution is 0.0736. The van der Waals surface area contributed by atoms with Crippen LogP contribution in [0.2, 0.25) is 0 Å². The summed E-state index contributed by atoms with van der Waals surface area (Å²) in [4.78, 5) is 12.6. The summed E-state index contributed by atoms with van der Waals surface area (Å²) in [6, 6.07) is 19.8. The van der Waals surface area contributed by atoms with Gasteiger partial charge in [-0.1, -0.05) is 24.3 Å². The maximum Gasteiger partial charge on any atom is 0.343 e. The van der Waals surface area contributed by atoms with Crippen LogP contribution in [0.5, 0.6) is 11.5 Å². The number of rotatable bonds is 4. The van der Waals surface area contributed by atoms with Crippen LogP contribution in [0.4, 0.5) is 5.69 Å². The van der Waals surface area contributed by atoms with Gasteiger partial charge >= 0.3 is 5.97 Å². The Hall–Kier alpha value is -3.65. The van der Waals surface area contributed by atoms with Crippen molar-refractivity contribution in [3.63, 3.8) is 0 Å². The fraction of sp³-hybridized carbons (Fsp3) is 0.0476. The number of hydrogen-bond donors (Lipinski definition) is 1. The molecule has 3 aromatic rings. The molecule has 1 aliphatic heterocycles. The number of fused-ring (bicyclic) bond motifs is 1. The number of nitrogens with zero attached hydrogens (tertiary/aromatic N) is 1. The quantitative estimate of drug-likeness (QED) is 0.525. The second-order valence-corrected chi connectivity index (χ2v) is 7.72. The van der Waals surface area contributed by atoms with Gasteiger partial charge in [-0.15, -0.1) is 4.40 Å². The van der Waals surface area contributed by atoms with Crippen LogP contribution >= 0.6 is 0 Å². The molecular formula is C21H16N2O5S. The fourth-order valence-electron chi connectivity index (χ4n) is 2.87. The van der Waals surface area contributed by atoms with E-state index in [1.165, 1.54) is 6.07 Å². The highest BCUT2D eigenvalue weighted by Gasteiger charge is 2.29. The minimum absolute atomic E-state index is 0.134. The number of methoxy groups -OCH3 is 1. The topological polar surface area (TPSA) is 94.1 Å². The molecule has 8 heteroatoms. The highest BCUT2D eigenvalue weighted by Crippen LogP contribution is 2.30. The second kappa shape index (κ2) is 7.40. The van der Waals surface area contributed by atoms with Crippen LogP contribution in [-0.4, -0.2) is 27.3 Å². The van der Waals surface area contributed by atoms with Gasteiger partial charge in [0.1, 0.15) is 10.6 Å². The lowest BCUT2D eigenvalue weighted by Gasteiger charge is -2.12. The summed E-state index contributed by atoms with van der Waals surface area (Å²) in [6.07, 6.45) is 0. The number of ether oxygens (including phenoxy) is 2. The number of esters is 1. The van der Waals surface area contributed by atoms with Gasteiger partial charge in [0, 0.05) is 5.56 Å². The molecule has 4 rings (SSSR count). The Morgan fingerprint density at radius 3 is 2.38 bits per heavy atom. The number of para-hydroxylation sites is 2. The van der Waals surface area contributed by atoms with Crippen LogP contribution in [0.1, 0.15) is 15.9 Å². The Morgan fingerprint density at radius 1 is 0.931 bits per heavy atom. The largest absolute Gasteiger partial charge is 0.497 e. The lowest BCUT2D eigenvalue weighted by atomic mass is 10.2. The SMILES string of the molecule is COc1ccc(C(=O)Oc2ccccc2NC2=NS(=O)(=O)c3ccccc32)cc1. The molecule has 29 heavy (non-hydrogen) atoms. The molecule has 0 saturated heterocycles. The van der Waals surface area contributed by atoms with E-state index >= 15 is 0 Å². The van der Waals surface area contributed by atoms with Crippen molar-refractivity contribution in [2.75, 3.05) is 12.4 Å². The fourth-order valence-corrected chi connectivity index (χ4v) is 4.04. The van der Waals surface area contributed by atoms with Gasteiger partial charge in [-0.05, 0) is 48.5 Å². The summed E-state index contributed by atoms with van der Waals surface area (Å²) < 4.78 is 38.9. The molecule has 0 spiro atoms. The normalized spacial score (nSPS) is 13.9. The van der Waals surface area contributed by atoms with Gasteiger partial charge in [-0.3, -0.25) is 0 Å². The number of sulfonamides is 1. The van der Waals surface area contributed by atoms with E-state index in [0.29, 0.717) is 22.6 Å². The van der Waals surface area contributed by atoms with E-state index < -0.39 is 16.0 Å². The van der Waals surface area contributed by atoms with Crippen LogP contribution in [-0.2, 0) is 10.0 Å². The summed E-state index contributed by atoms with van der Waals surface area (Å²) in [5.41, 5.74) is 1.23. The molecule has 0 fully saturated rings. The average molecular weight is 408 g/mol. The maximum absolute atomic E-state index is 12.5. The molecule has 0 amide bonds. The van der Waals surface area contributed by atoms with Crippen LogP contribution in [0.3, 0.4) is 0 Å². The number of carbonyl (C=O) groups is 1. The van der Waals surface area contributed by atoms with Crippen LogP contribution < -0.4 is 14.8 Å². The Morgan fingerprint density at radius 2 is 1.62 bits per heavy atom. The van der Waals surface area contributed by atoms with E-state index in [9.17, 15) is 13.2 Å². The van der Waals surface area contributed by atoms with Crippen molar-refractivity contribution in [2.24, 2.45) is 4.40 Å². The predicted octanol–water partition coefficient (Wildman–Crippen LogP) is 3.48. The van der Waals surface area contributed by atoms with Crippen molar-refractivity contribution >= 4 is 27.5 Å². The zero-order valence-electron chi connectivity index (χ0n) is 15.3. The molecule has 146 valence electrons. The smallest absolute Gasteiger partial charge is 0.343 e. The zero-order valence-corrected chi connectivity index (χ0v) is 16.1. The van der Waals surface area contributed by atoms with Crippen LogP contribution in [0.15, 0.2) is 82.1 Å². The number of hydrogen-bond acceptors (Lipinski definition) is 6. The second-order valence-electron chi connectivity index (χ2n) is 6.15. The zero-order chi connectivity index (χ0) is 20.4. The van der Waals surface area contributed by atoms with Gasteiger partial charge in [0.05, 0.1) is 18.4 Å². The molecule has 0 aromatic heterocycles. The molecule has 0 atom stereocenters. The molecule has 0 aliphatic carbocycles. The molecule has 1 heterocycles. The van der Waals surface area contributed by atoms with E-state index in [1.807, 2.05) is 0 Å². The molecule has 3 aromatic carbocycles. The first-order valence-electron chi connectivity index (χ1n) is 8.64. The van der Waals surface area contributed by atoms with Gasteiger partial charge < -0.3 is 14.8 Å². The lowest BCUT2D eigenvalue weighted by Crippen LogP contribution is -2.14. The summed E-state index contributed by atoms with van der Waals surface area (Å²) in [5, 5.41) is 2.97. The van der Waals surface area contributed by atoms with Crippen molar-refractivity contribution in [3.05, 3.63) is 83.9 Å². The summed E-state index contributed by atoms with van der Waals surface area (Å²) >= 11 is 0. The van der Waals surface area contributed by atoms with E-state index in [4.69, 9.17) is 9.47 Å². The van der Waals surface area contributed by atoms with Crippen molar-refractivity contribution in [1.29, 1.82) is 0 Å². The molecule has 7 nitrogen and oxygen atoms in total. The third kappa shape index (κ3) is 3.70. The Balaban J connectivity index is 1.60. The molecule has 0 bridgehead atoms. The van der Waals surface area contributed by atoms with E-state index in [-0.39, 0.29) is 16.5 Å². The standard InChI is InChI=1S/C21H16N2O5S/c1-27-15-12-10-14(11-13-15)21(24)28-18-8-4-3-7-17(18)22-20-16-6-2-5-9-19(16)29(25,26)23-20/h2-13H,1H3,(H,22,23). The first-order chi connectivity index (χ1) is 14.0. The molecule has 1 N–H and O–H groups in total. The van der Waals surface area contributed by atoms with E-state index in [2.05, 4.69) is 9.71 Å². The van der Waals surface area contributed by atoms with Crippen molar-refractivity contribution in [1.82, 2.24) is 0 Å². The molecule has 0 saturated carbocycles. The molecule has 1 aliphatic rings. The van der Waals surface area contributed by atoms with Crippen LogP contribution in [0.25, 0.3) is 0 Å². The predicted molar refractivity (Wildman–Crippen MR) is 108 cm³/mol. The maximum atomic E-state index is 12.5. The number of benzene rings is 3. The number of carbonyl (C=O) groups excluding carboxylic acids is 1. The first-order valence-corrected chi connectivity index (χ1v) is 10.1. The number of amidine groups is 1.